The molecule has 1 aliphatic heterocycles. The first-order valence-corrected chi connectivity index (χ1v) is 8.45. The van der Waals surface area contributed by atoms with E-state index in [2.05, 4.69) is 48.2 Å². The number of amides is 1. The van der Waals surface area contributed by atoms with Crippen LogP contribution in [0.3, 0.4) is 0 Å². The number of nitrogens with zero attached hydrogens (tertiary/aromatic N) is 3. The summed E-state index contributed by atoms with van der Waals surface area (Å²) >= 11 is 0. The number of carbonyl (C=O) groups excluding carboxylic acids is 1. The molecule has 1 aliphatic rings. The number of furan rings is 1. The molecule has 3 rings (SSSR count). The fraction of sp³-hybridized carbons (Fsp3) is 0.421. The molecule has 128 valence electrons. The minimum absolute atomic E-state index is 0.0109. The van der Waals surface area contributed by atoms with Crippen molar-refractivity contribution < 1.29 is 9.21 Å². The first-order chi connectivity index (χ1) is 11.6. The largest absolute Gasteiger partial charge is 0.459 e. The van der Waals surface area contributed by atoms with Crippen LogP contribution in [0.4, 0.5) is 5.69 Å². The molecule has 5 nitrogen and oxygen atoms in total. The van der Waals surface area contributed by atoms with Gasteiger partial charge in [0, 0.05) is 38.4 Å². The van der Waals surface area contributed by atoms with E-state index in [4.69, 9.17) is 4.42 Å². The molecule has 24 heavy (non-hydrogen) atoms. The topological polar surface area (TPSA) is 39.9 Å². The fourth-order valence-electron chi connectivity index (χ4n) is 3.15. The summed E-state index contributed by atoms with van der Waals surface area (Å²) < 4.78 is 5.24. The molecule has 2 heterocycles. The average molecular weight is 327 g/mol. The Labute approximate surface area is 143 Å². The van der Waals surface area contributed by atoms with Gasteiger partial charge in [-0.25, -0.2) is 0 Å². The highest BCUT2D eigenvalue weighted by Gasteiger charge is 2.22. The van der Waals surface area contributed by atoms with Crippen LogP contribution in [-0.4, -0.2) is 56.0 Å². The molecule has 0 atom stereocenters. The summed E-state index contributed by atoms with van der Waals surface area (Å²) in [5, 5.41) is 0. The first kappa shape index (κ1) is 16.6. The maximum atomic E-state index is 12.4. The molecule has 1 aromatic carbocycles. The Balaban J connectivity index is 1.66. The van der Waals surface area contributed by atoms with Crippen LogP contribution in [0.25, 0.3) is 0 Å². The van der Waals surface area contributed by atoms with Crippen LogP contribution in [-0.2, 0) is 6.54 Å². The number of hydrogen-bond donors (Lipinski definition) is 0. The molecule has 1 saturated heterocycles. The molecule has 1 amide bonds. The molecule has 2 aromatic rings. The van der Waals surface area contributed by atoms with Crippen LogP contribution >= 0.6 is 0 Å². The Hall–Kier alpha value is -2.27. The van der Waals surface area contributed by atoms with Gasteiger partial charge in [0.2, 0.25) is 0 Å². The predicted octanol–water partition coefficient (Wildman–Crippen LogP) is 2.69. The second-order valence-corrected chi connectivity index (χ2v) is 6.52. The lowest BCUT2D eigenvalue weighted by Gasteiger charge is -2.24. The van der Waals surface area contributed by atoms with Crippen molar-refractivity contribution >= 4 is 11.6 Å². The van der Waals surface area contributed by atoms with Crippen molar-refractivity contribution in [3.05, 3.63) is 54.0 Å². The third-order valence-electron chi connectivity index (χ3n) is 4.29. The van der Waals surface area contributed by atoms with Gasteiger partial charge in [0.1, 0.15) is 0 Å². The average Bonchev–Trinajstić information content (AvgIpc) is 2.98. The summed E-state index contributed by atoms with van der Waals surface area (Å²) in [4.78, 5) is 18.9. The van der Waals surface area contributed by atoms with Gasteiger partial charge in [0.15, 0.2) is 5.76 Å². The summed E-state index contributed by atoms with van der Waals surface area (Å²) in [6, 6.07) is 12.2. The minimum Gasteiger partial charge on any atom is -0.459 e. The van der Waals surface area contributed by atoms with Crippen LogP contribution in [0.1, 0.15) is 22.5 Å². The zero-order chi connectivity index (χ0) is 16.9. The molecular weight excluding hydrogens is 302 g/mol. The zero-order valence-corrected chi connectivity index (χ0v) is 14.4. The quantitative estimate of drug-likeness (QED) is 0.866. The minimum atomic E-state index is -0.0109. The van der Waals surface area contributed by atoms with Gasteiger partial charge in [-0.1, -0.05) is 12.1 Å². The SMILES string of the molecule is CN(C)Cc1cccc(N2CCCN(C(=O)c3ccco3)CC2)c1. The van der Waals surface area contributed by atoms with E-state index in [1.807, 2.05) is 4.90 Å². The van der Waals surface area contributed by atoms with Gasteiger partial charge in [-0.3, -0.25) is 4.79 Å². The lowest BCUT2D eigenvalue weighted by atomic mass is 10.1. The Morgan fingerprint density at radius 2 is 2.00 bits per heavy atom. The van der Waals surface area contributed by atoms with E-state index in [0.717, 1.165) is 39.1 Å². The molecule has 0 radical (unpaired) electrons. The van der Waals surface area contributed by atoms with Gasteiger partial charge in [0.25, 0.3) is 5.91 Å². The summed E-state index contributed by atoms with van der Waals surface area (Å²) in [7, 11) is 4.16. The van der Waals surface area contributed by atoms with Crippen molar-refractivity contribution in [2.24, 2.45) is 0 Å². The predicted molar refractivity (Wildman–Crippen MR) is 95.3 cm³/mol. The van der Waals surface area contributed by atoms with Crippen molar-refractivity contribution in [2.75, 3.05) is 45.2 Å². The summed E-state index contributed by atoms with van der Waals surface area (Å²) in [5.41, 5.74) is 2.55. The van der Waals surface area contributed by atoms with Crippen LogP contribution in [0, 0.1) is 0 Å². The van der Waals surface area contributed by atoms with E-state index in [9.17, 15) is 4.79 Å². The van der Waals surface area contributed by atoms with Crippen LogP contribution in [0.5, 0.6) is 0 Å². The van der Waals surface area contributed by atoms with Crippen molar-refractivity contribution in [3.63, 3.8) is 0 Å². The van der Waals surface area contributed by atoms with Gasteiger partial charge in [-0.2, -0.15) is 0 Å². The summed E-state index contributed by atoms with van der Waals surface area (Å²) in [6.07, 6.45) is 2.51. The van der Waals surface area contributed by atoms with Crippen molar-refractivity contribution in [2.45, 2.75) is 13.0 Å². The Bertz CT molecular complexity index is 667. The monoisotopic (exact) mass is 327 g/mol. The fourth-order valence-corrected chi connectivity index (χ4v) is 3.15. The molecule has 0 N–H and O–H groups in total. The Morgan fingerprint density at radius 3 is 2.75 bits per heavy atom. The third kappa shape index (κ3) is 3.97. The molecule has 0 bridgehead atoms. The van der Waals surface area contributed by atoms with Gasteiger partial charge < -0.3 is 19.1 Å². The van der Waals surface area contributed by atoms with Gasteiger partial charge in [-0.05, 0) is 50.3 Å². The molecule has 1 fully saturated rings. The van der Waals surface area contributed by atoms with Crippen molar-refractivity contribution in [3.8, 4) is 0 Å². The molecule has 1 aromatic heterocycles. The lowest BCUT2D eigenvalue weighted by Crippen LogP contribution is -2.35. The van der Waals surface area contributed by atoms with Crippen molar-refractivity contribution in [1.29, 1.82) is 0 Å². The second-order valence-electron chi connectivity index (χ2n) is 6.52. The van der Waals surface area contributed by atoms with Gasteiger partial charge in [0.05, 0.1) is 6.26 Å². The molecular formula is C19H25N3O2. The molecule has 0 spiro atoms. The zero-order valence-electron chi connectivity index (χ0n) is 14.4. The van der Waals surface area contributed by atoms with E-state index >= 15 is 0 Å². The van der Waals surface area contributed by atoms with Crippen LogP contribution in [0.15, 0.2) is 47.1 Å². The Morgan fingerprint density at radius 1 is 1.12 bits per heavy atom. The molecule has 0 saturated carbocycles. The summed E-state index contributed by atoms with van der Waals surface area (Å²) in [5.74, 6) is 0.416. The maximum Gasteiger partial charge on any atom is 0.289 e. The highest BCUT2D eigenvalue weighted by atomic mass is 16.3. The van der Waals surface area contributed by atoms with E-state index in [1.54, 1.807) is 18.4 Å². The number of carbonyl (C=O) groups is 1. The van der Waals surface area contributed by atoms with Crippen molar-refractivity contribution in [1.82, 2.24) is 9.80 Å². The van der Waals surface area contributed by atoms with Gasteiger partial charge >= 0.3 is 0 Å². The normalized spacial score (nSPS) is 15.6. The standard InChI is InChI=1S/C19H25N3O2/c1-20(2)15-16-6-3-7-17(14-16)21-9-5-10-22(12-11-21)19(23)18-8-4-13-24-18/h3-4,6-8,13-14H,5,9-12,15H2,1-2H3. The number of hydrogen-bond acceptors (Lipinski definition) is 4. The maximum absolute atomic E-state index is 12.4. The third-order valence-corrected chi connectivity index (χ3v) is 4.29. The molecule has 0 aliphatic carbocycles. The highest BCUT2D eigenvalue weighted by Crippen LogP contribution is 2.19. The Kier molecular flexibility index (Phi) is 5.20. The highest BCUT2D eigenvalue weighted by molar-refractivity contribution is 5.91. The molecule has 0 unspecified atom stereocenters. The lowest BCUT2D eigenvalue weighted by molar-refractivity contribution is 0.0735. The van der Waals surface area contributed by atoms with E-state index in [1.165, 1.54) is 11.3 Å². The first-order valence-electron chi connectivity index (χ1n) is 8.45. The second kappa shape index (κ2) is 7.53. The number of benzene rings is 1. The van der Waals surface area contributed by atoms with E-state index in [0.29, 0.717) is 5.76 Å². The molecule has 5 heteroatoms. The van der Waals surface area contributed by atoms with Gasteiger partial charge in [-0.15, -0.1) is 0 Å². The number of rotatable bonds is 4. The number of anilines is 1. The van der Waals surface area contributed by atoms with Crippen LogP contribution in [0.2, 0.25) is 0 Å². The van der Waals surface area contributed by atoms with E-state index in [-0.39, 0.29) is 5.91 Å². The van der Waals surface area contributed by atoms with Crippen LogP contribution < -0.4 is 4.90 Å². The van der Waals surface area contributed by atoms with E-state index < -0.39 is 0 Å². The summed E-state index contributed by atoms with van der Waals surface area (Å²) in [6.45, 7) is 4.24. The smallest absolute Gasteiger partial charge is 0.289 e.